The molecule has 0 radical (unpaired) electrons. The molecule has 4 heteroatoms. The molecule has 110 valence electrons. The van der Waals surface area contributed by atoms with Crippen LogP contribution in [-0.2, 0) is 0 Å². The van der Waals surface area contributed by atoms with Crippen LogP contribution in [-0.4, -0.2) is 42.5 Å². The summed E-state index contributed by atoms with van der Waals surface area (Å²) in [6, 6.07) is 3.95. The fourth-order valence-electron chi connectivity index (χ4n) is 2.58. The number of rotatable bonds is 5. The second-order valence-corrected chi connectivity index (χ2v) is 5.53. The van der Waals surface area contributed by atoms with Crippen molar-refractivity contribution in [2.24, 2.45) is 0 Å². The average molecular weight is 275 g/mol. The van der Waals surface area contributed by atoms with E-state index in [0.717, 1.165) is 38.2 Å². The number of pyridine rings is 1. The Hall–Kier alpha value is -1.58. The lowest BCUT2D eigenvalue weighted by atomic mass is 10.1. The number of carbonyl (C=O) groups is 1. The van der Waals surface area contributed by atoms with Crippen LogP contribution in [0, 0.1) is 0 Å². The standard InChI is InChI=1S/C16H25N3O/c1-3-4-10-18(2)16(20)15-13-14(8-9-17-15)19-11-6-5-7-12-19/h8-9,13H,3-7,10-12H2,1-2H3. The van der Waals surface area contributed by atoms with Gasteiger partial charge in [0.25, 0.3) is 5.91 Å². The summed E-state index contributed by atoms with van der Waals surface area (Å²) < 4.78 is 0. The number of piperidine rings is 1. The fraction of sp³-hybridized carbons (Fsp3) is 0.625. The van der Waals surface area contributed by atoms with Gasteiger partial charge in [-0.15, -0.1) is 0 Å². The Morgan fingerprint density at radius 2 is 2.10 bits per heavy atom. The second kappa shape index (κ2) is 7.27. The Morgan fingerprint density at radius 1 is 1.35 bits per heavy atom. The SMILES string of the molecule is CCCCN(C)C(=O)c1cc(N2CCCCC2)ccn1. The van der Waals surface area contributed by atoms with Gasteiger partial charge in [0.15, 0.2) is 0 Å². The highest BCUT2D eigenvalue weighted by molar-refractivity contribution is 5.93. The number of amides is 1. The number of hydrogen-bond acceptors (Lipinski definition) is 3. The maximum absolute atomic E-state index is 12.3. The molecule has 1 aliphatic heterocycles. The first-order valence-electron chi connectivity index (χ1n) is 7.69. The molecule has 0 aromatic carbocycles. The highest BCUT2D eigenvalue weighted by atomic mass is 16.2. The van der Waals surface area contributed by atoms with Gasteiger partial charge >= 0.3 is 0 Å². The molecule has 0 spiro atoms. The molecule has 1 aliphatic rings. The van der Waals surface area contributed by atoms with Gasteiger partial charge < -0.3 is 9.80 Å². The third-order valence-corrected chi connectivity index (χ3v) is 3.88. The molecular weight excluding hydrogens is 250 g/mol. The largest absolute Gasteiger partial charge is 0.371 e. The van der Waals surface area contributed by atoms with Crippen LogP contribution in [0.2, 0.25) is 0 Å². The van der Waals surface area contributed by atoms with Crippen molar-refractivity contribution in [3.63, 3.8) is 0 Å². The summed E-state index contributed by atoms with van der Waals surface area (Å²) in [6.07, 6.45) is 7.68. The Bertz CT molecular complexity index is 441. The van der Waals surface area contributed by atoms with Crippen molar-refractivity contribution in [3.8, 4) is 0 Å². The number of carbonyl (C=O) groups excluding carboxylic acids is 1. The molecule has 1 saturated heterocycles. The molecule has 2 rings (SSSR count). The van der Waals surface area contributed by atoms with Gasteiger partial charge in [-0.05, 0) is 37.8 Å². The molecule has 1 fully saturated rings. The van der Waals surface area contributed by atoms with Crippen LogP contribution in [0.25, 0.3) is 0 Å². The molecule has 1 aromatic heterocycles. The highest BCUT2D eigenvalue weighted by Crippen LogP contribution is 2.20. The molecule has 2 heterocycles. The zero-order valence-electron chi connectivity index (χ0n) is 12.6. The molecule has 0 unspecified atom stereocenters. The lowest BCUT2D eigenvalue weighted by molar-refractivity contribution is 0.0787. The summed E-state index contributed by atoms with van der Waals surface area (Å²) >= 11 is 0. The normalized spacial score (nSPS) is 15.2. The summed E-state index contributed by atoms with van der Waals surface area (Å²) in [5.74, 6) is 0.0253. The highest BCUT2D eigenvalue weighted by Gasteiger charge is 2.16. The minimum atomic E-state index is 0.0253. The molecule has 1 aromatic rings. The van der Waals surface area contributed by atoms with E-state index in [-0.39, 0.29) is 5.91 Å². The van der Waals surface area contributed by atoms with Crippen molar-refractivity contribution in [2.45, 2.75) is 39.0 Å². The van der Waals surface area contributed by atoms with Crippen LogP contribution in [0.15, 0.2) is 18.3 Å². The zero-order chi connectivity index (χ0) is 14.4. The van der Waals surface area contributed by atoms with Gasteiger partial charge in [-0.2, -0.15) is 0 Å². The molecular formula is C16H25N3O. The lowest BCUT2D eigenvalue weighted by Gasteiger charge is -2.29. The maximum Gasteiger partial charge on any atom is 0.272 e. The van der Waals surface area contributed by atoms with Gasteiger partial charge in [0.05, 0.1) is 0 Å². The molecule has 0 atom stereocenters. The van der Waals surface area contributed by atoms with Crippen molar-refractivity contribution >= 4 is 11.6 Å². The first-order chi connectivity index (χ1) is 9.72. The Kier molecular flexibility index (Phi) is 5.39. The topological polar surface area (TPSA) is 36.4 Å². The predicted molar refractivity (Wildman–Crippen MR) is 82.2 cm³/mol. The van der Waals surface area contributed by atoms with E-state index in [1.807, 2.05) is 19.2 Å². The van der Waals surface area contributed by atoms with Crippen molar-refractivity contribution in [1.82, 2.24) is 9.88 Å². The Balaban J connectivity index is 2.06. The number of anilines is 1. The van der Waals surface area contributed by atoms with Crippen molar-refractivity contribution in [1.29, 1.82) is 0 Å². The van der Waals surface area contributed by atoms with E-state index in [9.17, 15) is 4.79 Å². The summed E-state index contributed by atoms with van der Waals surface area (Å²) in [7, 11) is 1.85. The minimum absolute atomic E-state index is 0.0253. The van der Waals surface area contributed by atoms with Crippen molar-refractivity contribution in [2.75, 3.05) is 31.6 Å². The molecule has 4 nitrogen and oxygen atoms in total. The molecule has 1 amide bonds. The van der Waals surface area contributed by atoms with E-state index in [0.29, 0.717) is 5.69 Å². The first-order valence-corrected chi connectivity index (χ1v) is 7.69. The first kappa shape index (κ1) is 14.8. The summed E-state index contributed by atoms with van der Waals surface area (Å²) in [5, 5.41) is 0. The number of nitrogens with zero attached hydrogens (tertiary/aromatic N) is 3. The van der Waals surface area contributed by atoms with E-state index in [2.05, 4.69) is 16.8 Å². The molecule has 0 N–H and O–H groups in total. The van der Waals surface area contributed by atoms with E-state index in [1.54, 1.807) is 11.1 Å². The average Bonchev–Trinajstić information content (AvgIpc) is 2.53. The fourth-order valence-corrected chi connectivity index (χ4v) is 2.58. The maximum atomic E-state index is 12.3. The predicted octanol–water partition coefficient (Wildman–Crippen LogP) is 2.94. The minimum Gasteiger partial charge on any atom is -0.371 e. The molecule has 0 bridgehead atoms. The summed E-state index contributed by atoms with van der Waals surface area (Å²) in [6.45, 7) is 5.10. The van der Waals surface area contributed by atoms with Crippen molar-refractivity contribution in [3.05, 3.63) is 24.0 Å². The number of unbranched alkanes of at least 4 members (excludes halogenated alkanes) is 1. The summed E-state index contributed by atoms with van der Waals surface area (Å²) in [4.78, 5) is 20.7. The van der Waals surface area contributed by atoms with Crippen LogP contribution in [0.4, 0.5) is 5.69 Å². The zero-order valence-corrected chi connectivity index (χ0v) is 12.6. The van der Waals surface area contributed by atoms with E-state index in [1.165, 1.54) is 19.3 Å². The van der Waals surface area contributed by atoms with Crippen LogP contribution < -0.4 is 4.90 Å². The van der Waals surface area contributed by atoms with Gasteiger partial charge in [-0.1, -0.05) is 13.3 Å². The van der Waals surface area contributed by atoms with Gasteiger partial charge in [0, 0.05) is 38.6 Å². The third kappa shape index (κ3) is 3.71. The Morgan fingerprint density at radius 3 is 2.80 bits per heavy atom. The number of aromatic nitrogens is 1. The van der Waals surface area contributed by atoms with Gasteiger partial charge in [0.2, 0.25) is 0 Å². The molecule has 0 saturated carbocycles. The van der Waals surface area contributed by atoms with Crippen LogP contribution in [0.1, 0.15) is 49.5 Å². The van der Waals surface area contributed by atoms with Crippen molar-refractivity contribution < 1.29 is 4.79 Å². The van der Waals surface area contributed by atoms with Gasteiger partial charge in [-0.3, -0.25) is 9.78 Å². The lowest BCUT2D eigenvalue weighted by Crippen LogP contribution is -2.31. The quantitative estimate of drug-likeness (QED) is 0.829. The van der Waals surface area contributed by atoms with E-state index < -0.39 is 0 Å². The third-order valence-electron chi connectivity index (χ3n) is 3.88. The van der Waals surface area contributed by atoms with E-state index >= 15 is 0 Å². The summed E-state index contributed by atoms with van der Waals surface area (Å²) in [5.41, 5.74) is 1.69. The molecule has 20 heavy (non-hydrogen) atoms. The van der Waals surface area contributed by atoms with Gasteiger partial charge in [-0.25, -0.2) is 0 Å². The Labute approximate surface area is 121 Å². The van der Waals surface area contributed by atoms with Crippen LogP contribution in [0.5, 0.6) is 0 Å². The van der Waals surface area contributed by atoms with Crippen LogP contribution >= 0.6 is 0 Å². The van der Waals surface area contributed by atoms with E-state index in [4.69, 9.17) is 0 Å². The second-order valence-electron chi connectivity index (χ2n) is 5.53. The van der Waals surface area contributed by atoms with Gasteiger partial charge in [0.1, 0.15) is 5.69 Å². The van der Waals surface area contributed by atoms with Crippen LogP contribution in [0.3, 0.4) is 0 Å². The number of hydrogen-bond donors (Lipinski definition) is 0. The molecule has 0 aliphatic carbocycles. The monoisotopic (exact) mass is 275 g/mol. The smallest absolute Gasteiger partial charge is 0.272 e.